The van der Waals surface area contributed by atoms with Crippen LogP contribution in [0.4, 0.5) is 8.78 Å². The zero-order valence-electron chi connectivity index (χ0n) is 8.19. The third-order valence-corrected chi connectivity index (χ3v) is 3.38. The highest BCUT2D eigenvalue weighted by Crippen LogP contribution is 2.17. The zero-order chi connectivity index (χ0) is 11.5. The van der Waals surface area contributed by atoms with Crippen LogP contribution in [0.3, 0.4) is 0 Å². The Balaban J connectivity index is 2.39. The highest BCUT2D eigenvalue weighted by atomic mass is 32.2. The summed E-state index contributed by atoms with van der Waals surface area (Å²) in [6.07, 6.45) is 0. The normalized spacial score (nSPS) is 10.7. The Morgan fingerprint density at radius 2 is 1.25 bits per heavy atom. The van der Waals surface area contributed by atoms with Gasteiger partial charge in [0, 0.05) is 9.79 Å². The van der Waals surface area contributed by atoms with Crippen LogP contribution >= 0.6 is 0 Å². The van der Waals surface area contributed by atoms with Crippen LogP contribution < -0.4 is 0 Å². The Morgan fingerprint density at radius 1 is 0.812 bits per heavy atom. The number of benzene rings is 2. The molecule has 0 N–H and O–H groups in total. The molecular formula is C12H8F2OS. The van der Waals surface area contributed by atoms with Gasteiger partial charge in [-0.2, -0.15) is 0 Å². The van der Waals surface area contributed by atoms with E-state index in [0.29, 0.717) is 9.79 Å². The molecule has 16 heavy (non-hydrogen) atoms. The first-order valence-corrected chi connectivity index (χ1v) is 5.75. The molecule has 4 heteroatoms. The Hall–Kier alpha value is -1.55. The Morgan fingerprint density at radius 3 is 1.62 bits per heavy atom. The van der Waals surface area contributed by atoms with Gasteiger partial charge in [0.2, 0.25) is 0 Å². The van der Waals surface area contributed by atoms with Crippen molar-refractivity contribution in [1.82, 2.24) is 0 Å². The summed E-state index contributed by atoms with van der Waals surface area (Å²) < 4.78 is 37.8. The average Bonchev–Trinajstić information content (AvgIpc) is 2.28. The summed E-state index contributed by atoms with van der Waals surface area (Å²) in [4.78, 5) is 0.649. The minimum atomic E-state index is -1.55. The van der Waals surface area contributed by atoms with Crippen LogP contribution in [0.15, 0.2) is 58.3 Å². The molecule has 0 atom stereocenters. The van der Waals surface area contributed by atoms with E-state index in [1.54, 1.807) is 12.1 Å². The van der Waals surface area contributed by atoms with Crippen molar-refractivity contribution in [2.75, 3.05) is 0 Å². The second kappa shape index (κ2) is 4.53. The molecule has 2 rings (SSSR count). The predicted octanol–water partition coefficient (Wildman–Crippen LogP) is 3.13. The third kappa shape index (κ3) is 2.33. The molecule has 0 saturated carbocycles. The van der Waals surface area contributed by atoms with Gasteiger partial charge in [-0.1, -0.05) is 12.1 Å². The molecule has 82 valence electrons. The van der Waals surface area contributed by atoms with Crippen LogP contribution in [-0.2, 0) is 10.8 Å². The maximum atomic E-state index is 12.9. The third-order valence-electron chi connectivity index (χ3n) is 2.02. The van der Waals surface area contributed by atoms with Gasteiger partial charge in [0.15, 0.2) is 0 Å². The minimum absolute atomic E-state index is 0.325. The van der Waals surface area contributed by atoms with Crippen molar-refractivity contribution < 1.29 is 13.0 Å². The van der Waals surface area contributed by atoms with Crippen molar-refractivity contribution in [2.24, 2.45) is 0 Å². The number of hydrogen-bond acceptors (Lipinski definition) is 1. The monoisotopic (exact) mass is 238 g/mol. The fourth-order valence-electron chi connectivity index (χ4n) is 1.30. The molecule has 2 aromatic carbocycles. The van der Waals surface area contributed by atoms with Gasteiger partial charge in [0.05, 0.1) is 10.8 Å². The second-order valence-electron chi connectivity index (χ2n) is 3.18. The molecular weight excluding hydrogens is 230 g/mol. The van der Waals surface area contributed by atoms with Gasteiger partial charge in [-0.15, -0.1) is 0 Å². The zero-order valence-corrected chi connectivity index (χ0v) is 9.01. The first kappa shape index (κ1) is 11.0. The van der Waals surface area contributed by atoms with Crippen molar-refractivity contribution in [3.05, 3.63) is 60.2 Å². The van der Waals surface area contributed by atoms with Crippen LogP contribution in [0.2, 0.25) is 0 Å². The summed E-state index contributed by atoms with van der Waals surface area (Å²) >= 11 is 0. The molecule has 0 radical (unpaired) electrons. The lowest BCUT2D eigenvalue weighted by Crippen LogP contribution is -1.94. The van der Waals surface area contributed by atoms with E-state index in [9.17, 15) is 13.0 Å². The van der Waals surface area contributed by atoms with Gasteiger partial charge < -0.3 is 0 Å². The van der Waals surface area contributed by atoms with Crippen LogP contribution in [0, 0.1) is 11.6 Å². The number of halogens is 2. The molecule has 2 aromatic rings. The van der Waals surface area contributed by atoms with Crippen LogP contribution in [0.1, 0.15) is 0 Å². The maximum Gasteiger partial charge on any atom is 0.124 e. The topological polar surface area (TPSA) is 17.1 Å². The average molecular weight is 238 g/mol. The maximum absolute atomic E-state index is 12.9. The fourth-order valence-corrected chi connectivity index (χ4v) is 2.42. The Labute approximate surface area is 94.2 Å². The van der Waals surface area contributed by atoms with Crippen molar-refractivity contribution in [3.8, 4) is 0 Å². The van der Waals surface area contributed by atoms with E-state index in [0.717, 1.165) is 0 Å². The van der Waals surface area contributed by atoms with Crippen molar-refractivity contribution in [1.29, 1.82) is 0 Å². The minimum Gasteiger partial charge on any atom is -0.249 e. The second-order valence-corrected chi connectivity index (χ2v) is 4.66. The molecule has 0 heterocycles. The van der Waals surface area contributed by atoms with Gasteiger partial charge in [-0.25, -0.2) is 13.0 Å². The van der Waals surface area contributed by atoms with E-state index in [-0.39, 0.29) is 0 Å². The SMILES string of the molecule is O=S(c1cccc(F)c1)c1cccc(F)c1. The van der Waals surface area contributed by atoms with E-state index in [1.807, 2.05) is 0 Å². The van der Waals surface area contributed by atoms with Gasteiger partial charge >= 0.3 is 0 Å². The Bertz CT molecular complexity index is 493. The molecule has 0 bridgehead atoms. The summed E-state index contributed by atoms with van der Waals surface area (Å²) in [6.45, 7) is 0. The molecule has 0 unspecified atom stereocenters. The van der Waals surface area contributed by atoms with Crippen LogP contribution in [0.5, 0.6) is 0 Å². The van der Waals surface area contributed by atoms with Gasteiger partial charge in [-0.3, -0.25) is 0 Å². The van der Waals surface area contributed by atoms with Crippen molar-refractivity contribution in [2.45, 2.75) is 9.79 Å². The molecule has 0 aromatic heterocycles. The highest BCUT2D eigenvalue weighted by Gasteiger charge is 2.08. The molecule has 0 aliphatic carbocycles. The standard InChI is InChI=1S/C12H8F2OS/c13-9-3-1-5-11(7-9)16(15)12-6-2-4-10(14)8-12/h1-8H. The molecule has 0 fully saturated rings. The van der Waals surface area contributed by atoms with E-state index < -0.39 is 22.4 Å². The highest BCUT2D eigenvalue weighted by molar-refractivity contribution is 7.85. The van der Waals surface area contributed by atoms with Gasteiger partial charge in [-0.05, 0) is 36.4 Å². The van der Waals surface area contributed by atoms with Crippen molar-refractivity contribution >= 4 is 10.8 Å². The van der Waals surface area contributed by atoms with E-state index in [4.69, 9.17) is 0 Å². The molecule has 0 spiro atoms. The molecule has 0 aliphatic heterocycles. The van der Waals surface area contributed by atoms with Crippen LogP contribution in [-0.4, -0.2) is 4.21 Å². The summed E-state index contributed by atoms with van der Waals surface area (Å²) in [6, 6.07) is 10.9. The lowest BCUT2D eigenvalue weighted by Gasteiger charge is -2.02. The van der Waals surface area contributed by atoms with E-state index >= 15 is 0 Å². The fraction of sp³-hybridized carbons (Fsp3) is 0. The summed E-state index contributed by atoms with van der Waals surface area (Å²) in [5.74, 6) is -0.912. The number of rotatable bonds is 2. The summed E-state index contributed by atoms with van der Waals surface area (Å²) in [5, 5.41) is 0. The van der Waals surface area contributed by atoms with E-state index in [1.165, 1.54) is 36.4 Å². The van der Waals surface area contributed by atoms with Gasteiger partial charge in [0.1, 0.15) is 11.6 Å². The molecule has 0 aliphatic rings. The number of hydrogen-bond donors (Lipinski definition) is 0. The van der Waals surface area contributed by atoms with Crippen molar-refractivity contribution in [3.63, 3.8) is 0 Å². The summed E-state index contributed by atoms with van der Waals surface area (Å²) in [5.41, 5.74) is 0. The predicted molar refractivity (Wildman–Crippen MR) is 57.5 cm³/mol. The first-order valence-electron chi connectivity index (χ1n) is 4.60. The Kier molecular flexibility index (Phi) is 3.10. The smallest absolute Gasteiger partial charge is 0.124 e. The quantitative estimate of drug-likeness (QED) is 0.785. The molecule has 1 nitrogen and oxygen atoms in total. The molecule has 0 saturated heterocycles. The lowest BCUT2D eigenvalue weighted by molar-refractivity contribution is 0.620. The van der Waals surface area contributed by atoms with Crippen LogP contribution in [0.25, 0.3) is 0 Å². The summed E-state index contributed by atoms with van der Waals surface area (Å²) in [7, 11) is -1.55. The molecule has 0 amide bonds. The van der Waals surface area contributed by atoms with Gasteiger partial charge in [0.25, 0.3) is 0 Å². The van der Waals surface area contributed by atoms with E-state index in [2.05, 4.69) is 0 Å². The largest absolute Gasteiger partial charge is 0.249 e. The lowest BCUT2D eigenvalue weighted by atomic mass is 10.3. The first-order chi connectivity index (χ1) is 7.66.